The molecule has 1 rings (SSSR count). The number of carbonyl (C=O) groups excluding carboxylic acids is 1. The summed E-state index contributed by atoms with van der Waals surface area (Å²) in [6, 6.07) is -0.0262. The standard InChI is InChI=1S/C10H20N2O/c1-5-12-9(13)8(2)11-7-6-10(12,3)4/h8,11H,5-7H2,1-4H3. The molecule has 1 heterocycles. The summed E-state index contributed by atoms with van der Waals surface area (Å²) in [5, 5.41) is 3.22. The van der Waals surface area contributed by atoms with Crippen LogP contribution in [0.4, 0.5) is 0 Å². The van der Waals surface area contributed by atoms with Gasteiger partial charge >= 0.3 is 0 Å². The van der Waals surface area contributed by atoms with Crippen LogP contribution in [0.5, 0.6) is 0 Å². The summed E-state index contributed by atoms with van der Waals surface area (Å²) in [7, 11) is 0. The van der Waals surface area contributed by atoms with E-state index >= 15 is 0 Å². The van der Waals surface area contributed by atoms with Gasteiger partial charge in [-0.1, -0.05) is 0 Å². The van der Waals surface area contributed by atoms with E-state index in [9.17, 15) is 4.79 Å². The second-order valence-corrected chi connectivity index (χ2v) is 4.32. The normalized spacial score (nSPS) is 28.8. The molecule has 1 atom stereocenters. The summed E-state index contributed by atoms with van der Waals surface area (Å²) >= 11 is 0. The van der Waals surface area contributed by atoms with Crippen molar-refractivity contribution in [2.24, 2.45) is 0 Å². The Morgan fingerprint density at radius 1 is 1.62 bits per heavy atom. The smallest absolute Gasteiger partial charge is 0.239 e. The topological polar surface area (TPSA) is 32.3 Å². The van der Waals surface area contributed by atoms with Gasteiger partial charge in [-0.25, -0.2) is 0 Å². The van der Waals surface area contributed by atoms with Crippen molar-refractivity contribution in [1.82, 2.24) is 10.2 Å². The maximum absolute atomic E-state index is 11.9. The van der Waals surface area contributed by atoms with Crippen molar-refractivity contribution >= 4 is 5.91 Å². The molecule has 0 aromatic rings. The molecule has 1 unspecified atom stereocenters. The minimum Gasteiger partial charge on any atom is -0.336 e. The van der Waals surface area contributed by atoms with Crippen molar-refractivity contribution < 1.29 is 4.79 Å². The van der Waals surface area contributed by atoms with Crippen molar-refractivity contribution in [3.05, 3.63) is 0 Å². The van der Waals surface area contributed by atoms with Gasteiger partial charge < -0.3 is 10.2 Å². The Labute approximate surface area is 80.5 Å². The number of hydrogen-bond donors (Lipinski definition) is 1. The van der Waals surface area contributed by atoms with Crippen LogP contribution in [0.3, 0.4) is 0 Å². The van der Waals surface area contributed by atoms with Crippen molar-refractivity contribution in [1.29, 1.82) is 0 Å². The van der Waals surface area contributed by atoms with Gasteiger partial charge in [0, 0.05) is 12.1 Å². The average Bonchev–Trinajstić information content (AvgIpc) is 2.11. The van der Waals surface area contributed by atoms with E-state index in [2.05, 4.69) is 19.2 Å². The highest BCUT2D eigenvalue weighted by atomic mass is 16.2. The summed E-state index contributed by atoms with van der Waals surface area (Å²) in [5.41, 5.74) is 0.00356. The maximum atomic E-state index is 11.9. The quantitative estimate of drug-likeness (QED) is 0.659. The van der Waals surface area contributed by atoms with E-state index in [1.807, 2.05) is 18.7 Å². The molecule has 3 heteroatoms. The van der Waals surface area contributed by atoms with Crippen LogP contribution in [0.25, 0.3) is 0 Å². The van der Waals surface area contributed by atoms with Crippen LogP contribution in [0.2, 0.25) is 0 Å². The Balaban J connectivity index is 2.86. The number of likely N-dealkylation sites (N-methyl/N-ethyl adjacent to an activating group) is 1. The zero-order chi connectivity index (χ0) is 10.1. The van der Waals surface area contributed by atoms with E-state index in [1.165, 1.54) is 0 Å². The molecule has 0 bridgehead atoms. The molecule has 1 amide bonds. The lowest BCUT2D eigenvalue weighted by molar-refractivity contribution is -0.136. The average molecular weight is 184 g/mol. The van der Waals surface area contributed by atoms with Gasteiger partial charge in [-0.3, -0.25) is 4.79 Å². The minimum absolute atomic E-state index is 0.00356. The van der Waals surface area contributed by atoms with E-state index < -0.39 is 0 Å². The lowest BCUT2D eigenvalue weighted by atomic mass is 9.98. The number of amides is 1. The van der Waals surface area contributed by atoms with E-state index in [-0.39, 0.29) is 17.5 Å². The molecule has 1 aliphatic rings. The van der Waals surface area contributed by atoms with Crippen LogP contribution < -0.4 is 5.32 Å². The van der Waals surface area contributed by atoms with Crippen molar-refractivity contribution in [2.45, 2.75) is 45.7 Å². The highest BCUT2D eigenvalue weighted by molar-refractivity contribution is 5.82. The molecular formula is C10H20N2O. The molecule has 3 nitrogen and oxygen atoms in total. The first kappa shape index (κ1) is 10.5. The molecule has 13 heavy (non-hydrogen) atoms. The number of carbonyl (C=O) groups is 1. The largest absolute Gasteiger partial charge is 0.336 e. The van der Waals surface area contributed by atoms with Gasteiger partial charge in [0.2, 0.25) is 5.91 Å². The molecule has 0 spiro atoms. The van der Waals surface area contributed by atoms with E-state index in [4.69, 9.17) is 0 Å². The van der Waals surface area contributed by atoms with Crippen LogP contribution in [0.1, 0.15) is 34.1 Å². The molecule has 76 valence electrons. The van der Waals surface area contributed by atoms with Gasteiger partial charge in [-0.15, -0.1) is 0 Å². The van der Waals surface area contributed by atoms with Crippen molar-refractivity contribution in [3.63, 3.8) is 0 Å². The molecule has 1 saturated heterocycles. The van der Waals surface area contributed by atoms with Crippen molar-refractivity contribution in [3.8, 4) is 0 Å². The van der Waals surface area contributed by atoms with E-state index in [1.54, 1.807) is 0 Å². The lowest BCUT2D eigenvalue weighted by Gasteiger charge is -2.36. The molecule has 1 N–H and O–H groups in total. The third-order valence-corrected chi connectivity index (χ3v) is 2.87. The fourth-order valence-corrected chi connectivity index (χ4v) is 1.93. The summed E-state index contributed by atoms with van der Waals surface area (Å²) in [5.74, 6) is 0.227. The van der Waals surface area contributed by atoms with E-state index in [0.717, 1.165) is 19.5 Å². The Morgan fingerprint density at radius 3 is 2.77 bits per heavy atom. The Hall–Kier alpha value is -0.570. The first-order chi connectivity index (χ1) is 5.99. The van der Waals surface area contributed by atoms with Crippen LogP contribution >= 0.6 is 0 Å². The summed E-state index contributed by atoms with van der Waals surface area (Å²) in [4.78, 5) is 13.8. The predicted octanol–water partition coefficient (Wildman–Crippen LogP) is 0.995. The molecule has 0 radical (unpaired) electrons. The van der Waals surface area contributed by atoms with Gasteiger partial charge in [0.25, 0.3) is 0 Å². The maximum Gasteiger partial charge on any atom is 0.239 e. The van der Waals surface area contributed by atoms with Gasteiger partial charge in [-0.05, 0) is 40.7 Å². The minimum atomic E-state index is -0.0262. The van der Waals surface area contributed by atoms with Crippen LogP contribution in [0, 0.1) is 0 Å². The highest BCUT2D eigenvalue weighted by Crippen LogP contribution is 2.21. The summed E-state index contributed by atoms with van der Waals surface area (Å²) in [6.07, 6.45) is 1.02. The monoisotopic (exact) mass is 184 g/mol. The first-order valence-corrected chi connectivity index (χ1v) is 5.04. The molecular weight excluding hydrogens is 164 g/mol. The van der Waals surface area contributed by atoms with Gasteiger partial charge in [0.1, 0.15) is 0 Å². The Bertz CT molecular complexity index is 201. The Morgan fingerprint density at radius 2 is 2.23 bits per heavy atom. The van der Waals surface area contributed by atoms with Crippen LogP contribution in [0.15, 0.2) is 0 Å². The van der Waals surface area contributed by atoms with Crippen LogP contribution in [-0.2, 0) is 4.79 Å². The third-order valence-electron chi connectivity index (χ3n) is 2.87. The second-order valence-electron chi connectivity index (χ2n) is 4.32. The molecule has 1 aliphatic heterocycles. The zero-order valence-corrected chi connectivity index (χ0v) is 9.05. The predicted molar refractivity (Wildman–Crippen MR) is 53.5 cm³/mol. The SMILES string of the molecule is CCN1C(=O)C(C)NCCC1(C)C. The van der Waals surface area contributed by atoms with Gasteiger partial charge in [0.05, 0.1) is 6.04 Å². The summed E-state index contributed by atoms with van der Waals surface area (Å²) < 4.78 is 0. The summed E-state index contributed by atoms with van der Waals surface area (Å²) in [6.45, 7) is 9.97. The number of nitrogens with zero attached hydrogens (tertiary/aromatic N) is 1. The lowest BCUT2D eigenvalue weighted by Crippen LogP contribution is -2.50. The molecule has 0 saturated carbocycles. The van der Waals surface area contributed by atoms with Gasteiger partial charge in [0.15, 0.2) is 0 Å². The highest BCUT2D eigenvalue weighted by Gasteiger charge is 2.34. The second kappa shape index (κ2) is 3.66. The molecule has 0 aliphatic carbocycles. The first-order valence-electron chi connectivity index (χ1n) is 5.04. The number of rotatable bonds is 1. The number of nitrogens with one attached hydrogen (secondary N) is 1. The van der Waals surface area contributed by atoms with E-state index in [0.29, 0.717) is 0 Å². The fourth-order valence-electron chi connectivity index (χ4n) is 1.93. The number of hydrogen-bond acceptors (Lipinski definition) is 2. The fraction of sp³-hybridized carbons (Fsp3) is 0.900. The third kappa shape index (κ3) is 2.02. The van der Waals surface area contributed by atoms with Crippen molar-refractivity contribution in [2.75, 3.05) is 13.1 Å². The molecule has 0 aromatic carbocycles. The van der Waals surface area contributed by atoms with Gasteiger partial charge in [-0.2, -0.15) is 0 Å². The van der Waals surface area contributed by atoms with Crippen LogP contribution in [-0.4, -0.2) is 35.5 Å². The zero-order valence-electron chi connectivity index (χ0n) is 9.05. The Kier molecular flexibility index (Phi) is 2.96. The molecule has 0 aromatic heterocycles. The molecule has 1 fully saturated rings.